The third kappa shape index (κ3) is 5.06. The molecule has 1 aromatic carbocycles. The van der Waals surface area contributed by atoms with E-state index in [9.17, 15) is 9.59 Å². The number of carbonyl (C=O) groups excluding carboxylic acids is 1. The van der Waals surface area contributed by atoms with Crippen LogP contribution >= 0.6 is 0 Å². The molecule has 126 valence electrons. The highest BCUT2D eigenvalue weighted by Crippen LogP contribution is 2.21. The van der Waals surface area contributed by atoms with Gasteiger partial charge in [0.1, 0.15) is 0 Å². The van der Waals surface area contributed by atoms with Crippen LogP contribution in [0.4, 0.5) is 0 Å². The van der Waals surface area contributed by atoms with Crippen molar-refractivity contribution in [2.24, 2.45) is 0 Å². The van der Waals surface area contributed by atoms with Gasteiger partial charge in [0.05, 0.1) is 19.1 Å². The minimum atomic E-state index is -0.895. The van der Waals surface area contributed by atoms with Gasteiger partial charge in [-0.2, -0.15) is 0 Å². The summed E-state index contributed by atoms with van der Waals surface area (Å²) in [5.41, 5.74) is 2.45. The first-order chi connectivity index (χ1) is 11.0. The fourth-order valence-electron chi connectivity index (χ4n) is 2.85. The van der Waals surface area contributed by atoms with E-state index >= 15 is 0 Å². The van der Waals surface area contributed by atoms with E-state index in [-0.39, 0.29) is 18.2 Å². The number of nitrogens with zero attached hydrogens (tertiary/aromatic N) is 1. The van der Waals surface area contributed by atoms with Crippen LogP contribution in [0.1, 0.15) is 43.7 Å². The molecule has 0 spiro atoms. The zero-order chi connectivity index (χ0) is 16.8. The molecule has 1 amide bonds. The fraction of sp³-hybridized carbons (Fsp3) is 0.556. The van der Waals surface area contributed by atoms with E-state index in [0.29, 0.717) is 26.1 Å². The number of rotatable bonds is 6. The van der Waals surface area contributed by atoms with E-state index in [1.807, 2.05) is 6.92 Å². The quantitative estimate of drug-likeness (QED) is 0.874. The summed E-state index contributed by atoms with van der Waals surface area (Å²) in [7, 11) is 0. The number of morpholine rings is 1. The molecule has 0 bridgehead atoms. The Labute approximate surface area is 137 Å². The summed E-state index contributed by atoms with van der Waals surface area (Å²) in [4.78, 5) is 25.0. The molecule has 23 heavy (non-hydrogen) atoms. The average Bonchev–Trinajstić information content (AvgIpc) is 2.54. The summed E-state index contributed by atoms with van der Waals surface area (Å²) >= 11 is 0. The number of carbonyl (C=O) groups is 2. The number of aliphatic carboxylic acids is 1. The average molecular weight is 319 g/mol. The third-order valence-electron chi connectivity index (χ3n) is 4.33. The Morgan fingerprint density at radius 1 is 1.35 bits per heavy atom. The van der Waals surface area contributed by atoms with Crippen LogP contribution in [0, 0.1) is 0 Å². The lowest BCUT2D eigenvalue weighted by molar-refractivity contribution is -0.147. The fourth-order valence-corrected chi connectivity index (χ4v) is 2.85. The number of carboxylic acid groups (broad SMARTS) is 1. The maximum absolute atomic E-state index is 12.5. The molecule has 0 saturated carbocycles. The van der Waals surface area contributed by atoms with Crippen LogP contribution in [0.2, 0.25) is 0 Å². The first-order valence-corrected chi connectivity index (χ1v) is 8.19. The van der Waals surface area contributed by atoms with Gasteiger partial charge in [-0.25, -0.2) is 0 Å². The molecule has 1 saturated heterocycles. The molecule has 0 aromatic heterocycles. The Hall–Kier alpha value is -1.88. The van der Waals surface area contributed by atoms with Gasteiger partial charge >= 0.3 is 5.97 Å². The van der Waals surface area contributed by atoms with Crippen LogP contribution in [0.5, 0.6) is 0 Å². The van der Waals surface area contributed by atoms with Crippen molar-refractivity contribution < 1.29 is 19.4 Å². The summed E-state index contributed by atoms with van der Waals surface area (Å²) in [6.45, 7) is 5.48. The van der Waals surface area contributed by atoms with Crippen molar-refractivity contribution in [2.45, 2.75) is 45.1 Å². The smallest absolute Gasteiger partial charge is 0.306 e. The van der Waals surface area contributed by atoms with Gasteiger partial charge in [0, 0.05) is 19.5 Å². The molecule has 1 N–H and O–H groups in total. The van der Waals surface area contributed by atoms with Crippen LogP contribution in [0.25, 0.3) is 0 Å². The van der Waals surface area contributed by atoms with E-state index < -0.39 is 12.1 Å². The van der Waals surface area contributed by atoms with E-state index in [0.717, 1.165) is 12.0 Å². The highest BCUT2D eigenvalue weighted by atomic mass is 16.5. The molecule has 2 atom stereocenters. The predicted octanol–water partition coefficient (Wildman–Crippen LogP) is 2.44. The molecule has 0 radical (unpaired) electrons. The second-order valence-electron chi connectivity index (χ2n) is 6.13. The van der Waals surface area contributed by atoms with Crippen LogP contribution in [0.3, 0.4) is 0 Å². The van der Waals surface area contributed by atoms with Gasteiger partial charge in [0.15, 0.2) is 0 Å². The highest BCUT2D eigenvalue weighted by Gasteiger charge is 2.26. The Kier molecular flexibility index (Phi) is 6.16. The minimum Gasteiger partial charge on any atom is -0.481 e. The molecule has 2 unspecified atom stereocenters. The van der Waals surface area contributed by atoms with Crippen LogP contribution in [-0.2, 0) is 20.7 Å². The number of hydrogen-bond acceptors (Lipinski definition) is 3. The Morgan fingerprint density at radius 3 is 2.65 bits per heavy atom. The number of benzene rings is 1. The predicted molar refractivity (Wildman–Crippen MR) is 87.4 cm³/mol. The minimum absolute atomic E-state index is 0.0577. The van der Waals surface area contributed by atoms with Crippen molar-refractivity contribution >= 4 is 11.9 Å². The van der Waals surface area contributed by atoms with Crippen LogP contribution in [-0.4, -0.2) is 47.7 Å². The Balaban J connectivity index is 1.90. The van der Waals surface area contributed by atoms with Crippen LogP contribution in [0.15, 0.2) is 24.3 Å². The molecule has 1 fully saturated rings. The molecular weight excluding hydrogens is 294 g/mol. The lowest BCUT2D eigenvalue weighted by atomic mass is 9.95. The van der Waals surface area contributed by atoms with Gasteiger partial charge in [0.25, 0.3) is 0 Å². The molecule has 1 aromatic rings. The SMILES string of the molecule is CCc1ccc(C(C)CC(=O)N2CCOC(CC(=O)O)C2)cc1. The van der Waals surface area contributed by atoms with Crippen molar-refractivity contribution in [3.63, 3.8) is 0 Å². The lowest BCUT2D eigenvalue weighted by Gasteiger charge is -2.33. The zero-order valence-corrected chi connectivity index (χ0v) is 13.8. The zero-order valence-electron chi connectivity index (χ0n) is 13.8. The molecule has 5 nitrogen and oxygen atoms in total. The molecule has 1 heterocycles. The second kappa shape index (κ2) is 8.11. The Morgan fingerprint density at radius 2 is 2.04 bits per heavy atom. The molecular formula is C18H25NO4. The van der Waals surface area contributed by atoms with E-state index in [1.54, 1.807) is 4.90 Å². The third-order valence-corrected chi connectivity index (χ3v) is 4.33. The first kappa shape index (κ1) is 17.5. The molecule has 1 aliphatic heterocycles. The topological polar surface area (TPSA) is 66.8 Å². The normalized spacial score (nSPS) is 19.4. The van der Waals surface area contributed by atoms with Crippen LogP contribution < -0.4 is 0 Å². The van der Waals surface area contributed by atoms with Crippen molar-refractivity contribution in [1.82, 2.24) is 4.90 Å². The Bertz CT molecular complexity index is 540. The number of hydrogen-bond donors (Lipinski definition) is 1. The van der Waals surface area contributed by atoms with Crippen molar-refractivity contribution in [3.05, 3.63) is 35.4 Å². The maximum Gasteiger partial charge on any atom is 0.306 e. The van der Waals surface area contributed by atoms with Gasteiger partial charge in [-0.3, -0.25) is 9.59 Å². The summed E-state index contributed by atoms with van der Waals surface area (Å²) in [5.74, 6) is -0.682. The van der Waals surface area contributed by atoms with Gasteiger partial charge < -0.3 is 14.7 Å². The van der Waals surface area contributed by atoms with Gasteiger partial charge in [0.2, 0.25) is 5.91 Å². The van der Waals surface area contributed by atoms with Crippen molar-refractivity contribution in [2.75, 3.05) is 19.7 Å². The molecule has 1 aliphatic rings. The summed E-state index contributed by atoms with van der Waals surface area (Å²) < 4.78 is 5.41. The van der Waals surface area contributed by atoms with Crippen molar-refractivity contribution in [3.8, 4) is 0 Å². The van der Waals surface area contributed by atoms with Gasteiger partial charge in [-0.1, -0.05) is 38.1 Å². The number of carboxylic acids is 1. The van der Waals surface area contributed by atoms with E-state index in [4.69, 9.17) is 9.84 Å². The standard InChI is InChI=1S/C18H25NO4/c1-3-14-4-6-15(7-5-14)13(2)10-17(20)19-8-9-23-16(12-19)11-18(21)22/h4-7,13,16H,3,8-12H2,1-2H3,(H,21,22). The molecule has 0 aliphatic carbocycles. The van der Waals surface area contributed by atoms with Crippen molar-refractivity contribution in [1.29, 1.82) is 0 Å². The van der Waals surface area contributed by atoms with E-state index in [2.05, 4.69) is 31.2 Å². The number of ether oxygens (including phenoxy) is 1. The summed E-state index contributed by atoms with van der Waals surface area (Å²) in [6.07, 6.45) is 0.986. The lowest BCUT2D eigenvalue weighted by Crippen LogP contribution is -2.46. The van der Waals surface area contributed by atoms with Gasteiger partial charge in [-0.05, 0) is 23.5 Å². The van der Waals surface area contributed by atoms with Gasteiger partial charge in [-0.15, -0.1) is 0 Å². The molecule has 2 rings (SSSR count). The monoisotopic (exact) mass is 319 g/mol. The molecule has 5 heteroatoms. The summed E-state index contributed by atoms with van der Waals surface area (Å²) in [5, 5.41) is 8.84. The first-order valence-electron chi connectivity index (χ1n) is 8.19. The maximum atomic E-state index is 12.5. The van der Waals surface area contributed by atoms with E-state index in [1.165, 1.54) is 5.56 Å². The summed E-state index contributed by atoms with van der Waals surface area (Å²) in [6, 6.07) is 8.38. The largest absolute Gasteiger partial charge is 0.481 e. The second-order valence-corrected chi connectivity index (χ2v) is 6.13. The number of aryl methyl sites for hydroxylation is 1. The number of amides is 1. The highest BCUT2D eigenvalue weighted by molar-refractivity contribution is 5.77.